The first-order chi connectivity index (χ1) is 26.3. The van der Waals surface area contributed by atoms with Gasteiger partial charge in [0.05, 0.1) is 22.9 Å². The molecule has 1 aliphatic carbocycles. The van der Waals surface area contributed by atoms with Crippen LogP contribution in [0.5, 0.6) is 0 Å². The van der Waals surface area contributed by atoms with Gasteiger partial charge in [-0.1, -0.05) is 117 Å². The average molecular weight is 709 g/mol. The molecule has 0 bridgehead atoms. The molecule has 3 heteroatoms. The Morgan fingerprint density at radius 3 is 1.72 bits per heavy atom. The topological polar surface area (TPSA) is 25.8 Å². The molecule has 0 spiro atoms. The van der Waals surface area contributed by atoms with Gasteiger partial charge in [0.25, 0.3) is 0 Å². The van der Waals surface area contributed by atoms with E-state index in [0.717, 1.165) is 33.1 Å². The van der Waals surface area contributed by atoms with E-state index in [1.54, 1.807) is 0 Å². The maximum atomic E-state index is 5.32. The fourth-order valence-corrected chi connectivity index (χ4v) is 10.5. The molecule has 0 saturated heterocycles. The molecule has 10 aromatic rings. The largest absolute Gasteiger partial charge is 0.252 e. The van der Waals surface area contributed by atoms with Crippen LogP contribution in [-0.2, 0) is 5.41 Å². The number of aromatic nitrogens is 2. The van der Waals surface area contributed by atoms with Gasteiger partial charge in [-0.3, -0.25) is 4.98 Å². The number of hydrogen-bond donors (Lipinski definition) is 0. The summed E-state index contributed by atoms with van der Waals surface area (Å²) in [5, 5.41) is 7.32. The first-order valence-electron chi connectivity index (χ1n) is 18.7. The second-order valence-corrected chi connectivity index (χ2v) is 16.6. The fraction of sp³-hybridized carbons (Fsp3) is 0.0980. The number of fused-ring (bicyclic) bond motifs is 12. The van der Waals surface area contributed by atoms with Crippen LogP contribution in [0.1, 0.15) is 36.1 Å². The Bertz CT molecular complexity index is 3180. The van der Waals surface area contributed by atoms with E-state index in [1.165, 1.54) is 86.6 Å². The lowest BCUT2D eigenvalue weighted by Gasteiger charge is -2.22. The minimum atomic E-state index is -0.0450. The number of rotatable bonds is 3. The molecule has 0 N–H and O–H groups in total. The van der Waals surface area contributed by atoms with Crippen molar-refractivity contribution in [1.82, 2.24) is 9.97 Å². The second-order valence-electron chi connectivity index (χ2n) is 15.5. The Kier molecular flexibility index (Phi) is 6.63. The quantitative estimate of drug-likeness (QED) is 0.171. The maximum Gasteiger partial charge on any atom is 0.0979 e. The van der Waals surface area contributed by atoms with Crippen LogP contribution >= 0.6 is 11.3 Å². The lowest BCUT2D eigenvalue weighted by Crippen LogP contribution is -2.14. The maximum absolute atomic E-state index is 5.32. The summed E-state index contributed by atoms with van der Waals surface area (Å²) >= 11 is 1.92. The average Bonchev–Trinajstić information content (AvgIpc) is 3.68. The summed E-state index contributed by atoms with van der Waals surface area (Å²) < 4.78 is 2.65. The zero-order chi connectivity index (χ0) is 36.3. The zero-order valence-corrected chi connectivity index (χ0v) is 31.5. The molecular formula is C51H36N2S. The second kappa shape index (κ2) is 11.4. The van der Waals surface area contributed by atoms with Crippen molar-refractivity contribution >= 4 is 64.1 Å². The Morgan fingerprint density at radius 2 is 1.02 bits per heavy atom. The third-order valence-corrected chi connectivity index (χ3v) is 13.0. The molecule has 0 saturated carbocycles. The number of aryl methyl sites for hydroxylation is 2. The van der Waals surface area contributed by atoms with Gasteiger partial charge in [0.15, 0.2) is 0 Å². The fourth-order valence-electron chi connectivity index (χ4n) is 9.18. The smallest absolute Gasteiger partial charge is 0.0979 e. The van der Waals surface area contributed by atoms with E-state index in [-0.39, 0.29) is 5.41 Å². The van der Waals surface area contributed by atoms with Crippen molar-refractivity contribution in [1.29, 1.82) is 0 Å². The molecule has 2 aromatic heterocycles. The van der Waals surface area contributed by atoms with Crippen LogP contribution in [0.15, 0.2) is 146 Å². The van der Waals surface area contributed by atoms with Crippen molar-refractivity contribution in [3.63, 3.8) is 0 Å². The molecule has 2 nitrogen and oxygen atoms in total. The predicted octanol–water partition coefficient (Wildman–Crippen LogP) is 14.2. The summed E-state index contributed by atoms with van der Waals surface area (Å²) in [6.07, 6.45) is 1.94. The molecule has 11 rings (SSSR count). The Morgan fingerprint density at radius 1 is 0.444 bits per heavy atom. The Labute approximate surface area is 318 Å². The van der Waals surface area contributed by atoms with Gasteiger partial charge in [-0.2, -0.15) is 0 Å². The van der Waals surface area contributed by atoms with Gasteiger partial charge in [-0.15, -0.1) is 11.3 Å². The highest BCUT2D eigenvalue weighted by atomic mass is 32.1. The van der Waals surface area contributed by atoms with Crippen molar-refractivity contribution in [3.8, 4) is 44.6 Å². The number of hydrogen-bond acceptors (Lipinski definition) is 3. The van der Waals surface area contributed by atoms with Crippen molar-refractivity contribution in [2.24, 2.45) is 0 Å². The van der Waals surface area contributed by atoms with Crippen molar-refractivity contribution in [3.05, 3.63) is 168 Å². The highest BCUT2D eigenvalue weighted by Gasteiger charge is 2.35. The molecular weight excluding hydrogens is 673 g/mol. The predicted molar refractivity (Wildman–Crippen MR) is 231 cm³/mol. The zero-order valence-electron chi connectivity index (χ0n) is 30.7. The summed E-state index contributed by atoms with van der Waals surface area (Å²) in [7, 11) is 0. The van der Waals surface area contributed by atoms with Crippen LogP contribution in [0.4, 0.5) is 0 Å². The number of thiophene rings is 1. The van der Waals surface area contributed by atoms with Crippen LogP contribution in [0.2, 0.25) is 0 Å². The van der Waals surface area contributed by atoms with E-state index >= 15 is 0 Å². The lowest BCUT2D eigenvalue weighted by molar-refractivity contribution is 0.660. The first kappa shape index (κ1) is 31.4. The van der Waals surface area contributed by atoms with Crippen molar-refractivity contribution in [2.75, 3.05) is 0 Å². The standard InChI is InChI=1S/C51H36N2S/c1-29-22-40(31-12-11-13-33(26-31)46-28-52-47-38-17-7-5-14-34(38)35-15-6-8-18-39(35)48(47)53-46)49-42(24-29)43-25-30(2)23-41(50(43)54-49)32-20-21-37-36-16-9-10-19-44(36)51(3,4)45(37)27-32/h5-28H,1-4H3. The highest BCUT2D eigenvalue weighted by molar-refractivity contribution is 7.26. The van der Waals surface area contributed by atoms with Crippen LogP contribution in [0.25, 0.3) is 97.4 Å². The van der Waals surface area contributed by atoms with E-state index in [2.05, 4.69) is 167 Å². The SMILES string of the molecule is Cc1cc(-c2cccc(-c3cnc4c5ccccc5c5ccccc5c4n3)c2)c2sc3c(-c4ccc5c(c4)C(C)(C)c4ccccc4-5)cc(C)cc3c2c1. The van der Waals surface area contributed by atoms with Gasteiger partial charge in [0.2, 0.25) is 0 Å². The Hall–Kier alpha value is -6.16. The first-order valence-corrected chi connectivity index (χ1v) is 19.5. The van der Waals surface area contributed by atoms with Gasteiger partial charge in [0, 0.05) is 41.9 Å². The molecule has 256 valence electrons. The molecule has 0 atom stereocenters. The monoisotopic (exact) mass is 708 g/mol. The summed E-state index contributed by atoms with van der Waals surface area (Å²) in [5.41, 5.74) is 16.9. The van der Waals surface area contributed by atoms with Gasteiger partial charge in [0.1, 0.15) is 0 Å². The lowest BCUT2D eigenvalue weighted by atomic mass is 9.81. The summed E-state index contributed by atoms with van der Waals surface area (Å²) in [6, 6.07) is 51.5. The van der Waals surface area contributed by atoms with Gasteiger partial charge in [-0.05, 0) is 117 Å². The normalized spacial score (nSPS) is 13.3. The summed E-state index contributed by atoms with van der Waals surface area (Å²) in [5.74, 6) is 0. The molecule has 0 aliphatic heterocycles. The molecule has 0 amide bonds. The summed E-state index contributed by atoms with van der Waals surface area (Å²) in [4.78, 5) is 10.4. The van der Waals surface area contributed by atoms with Crippen molar-refractivity contribution in [2.45, 2.75) is 33.1 Å². The minimum Gasteiger partial charge on any atom is -0.252 e. The van der Waals surface area contributed by atoms with Gasteiger partial charge < -0.3 is 0 Å². The van der Waals surface area contributed by atoms with Crippen LogP contribution < -0.4 is 0 Å². The molecule has 0 fully saturated rings. The molecule has 0 unspecified atom stereocenters. The third-order valence-electron chi connectivity index (χ3n) is 11.8. The van der Waals surface area contributed by atoms with Crippen LogP contribution in [0, 0.1) is 13.8 Å². The van der Waals surface area contributed by atoms with Gasteiger partial charge >= 0.3 is 0 Å². The number of benzene rings is 8. The van der Waals surface area contributed by atoms with E-state index in [0.29, 0.717) is 0 Å². The molecule has 8 aromatic carbocycles. The Balaban J connectivity index is 1.07. The van der Waals surface area contributed by atoms with Crippen molar-refractivity contribution < 1.29 is 0 Å². The molecule has 0 radical (unpaired) electrons. The van der Waals surface area contributed by atoms with Crippen LogP contribution in [0.3, 0.4) is 0 Å². The third kappa shape index (κ3) is 4.52. The highest BCUT2D eigenvalue weighted by Crippen LogP contribution is 2.51. The molecule has 1 aliphatic rings. The summed E-state index contributed by atoms with van der Waals surface area (Å²) in [6.45, 7) is 9.18. The minimum absolute atomic E-state index is 0.0450. The molecule has 2 heterocycles. The van der Waals surface area contributed by atoms with E-state index in [1.807, 2.05) is 17.5 Å². The van der Waals surface area contributed by atoms with Crippen LogP contribution in [-0.4, -0.2) is 9.97 Å². The van der Waals surface area contributed by atoms with E-state index in [4.69, 9.17) is 9.97 Å². The molecule has 54 heavy (non-hydrogen) atoms. The van der Waals surface area contributed by atoms with E-state index in [9.17, 15) is 0 Å². The van der Waals surface area contributed by atoms with E-state index < -0.39 is 0 Å². The van der Waals surface area contributed by atoms with Gasteiger partial charge in [-0.25, -0.2) is 4.98 Å². The number of nitrogens with zero attached hydrogens (tertiary/aromatic N) is 2.